The van der Waals surface area contributed by atoms with Crippen molar-refractivity contribution >= 4 is 55.2 Å². The van der Waals surface area contributed by atoms with Gasteiger partial charge in [-0.1, -0.05) is 152 Å². The van der Waals surface area contributed by atoms with E-state index in [1.165, 1.54) is 21.9 Å². The van der Waals surface area contributed by atoms with Crippen LogP contribution in [0.25, 0.3) is 65.7 Å². The number of benzene rings is 8. The first-order chi connectivity index (χ1) is 25.2. The van der Waals surface area contributed by atoms with Crippen LogP contribution in [0.4, 0.5) is 0 Å². The molecule has 1 aromatic heterocycles. The highest BCUT2D eigenvalue weighted by Crippen LogP contribution is 2.39. The minimum Gasteiger partial charge on any atom is -0.456 e. The van der Waals surface area contributed by atoms with Gasteiger partial charge in [-0.15, -0.1) is 0 Å². The van der Waals surface area contributed by atoms with Crippen LogP contribution in [-0.2, 0) is 0 Å². The summed E-state index contributed by atoms with van der Waals surface area (Å²) in [5.41, 5.74) is 9.34. The Morgan fingerprint density at radius 3 is 1.88 bits per heavy atom. The number of nitrogens with one attached hydrogen (secondary N) is 1. The molecule has 1 atom stereocenters. The maximum Gasteiger partial charge on any atom is 0.159 e. The highest BCUT2D eigenvalue weighted by atomic mass is 16.3. The van der Waals surface area contributed by atoms with Gasteiger partial charge in [-0.2, -0.15) is 0 Å². The lowest BCUT2D eigenvalue weighted by molar-refractivity contribution is 0.667. The molecule has 1 N–H and O–H groups in total. The third-order valence-corrected chi connectivity index (χ3v) is 9.93. The molecule has 0 amide bonds. The Morgan fingerprint density at radius 2 is 1.08 bits per heavy atom. The summed E-state index contributed by atoms with van der Waals surface area (Å²) in [6.07, 6.45) is -0.336. The van der Waals surface area contributed by atoms with Crippen LogP contribution in [0.2, 0.25) is 0 Å². The molecule has 0 spiro atoms. The van der Waals surface area contributed by atoms with E-state index in [4.69, 9.17) is 14.4 Å². The lowest BCUT2D eigenvalue weighted by Gasteiger charge is -2.24. The number of rotatable bonds is 5. The van der Waals surface area contributed by atoms with Crippen molar-refractivity contribution in [1.29, 1.82) is 0 Å². The molecule has 8 aromatic carbocycles. The average molecular weight is 654 g/mol. The van der Waals surface area contributed by atoms with E-state index in [-0.39, 0.29) is 6.17 Å². The topological polar surface area (TPSA) is 49.9 Å². The number of fused-ring (bicyclic) bond motifs is 6. The predicted molar refractivity (Wildman–Crippen MR) is 211 cm³/mol. The van der Waals surface area contributed by atoms with Crippen LogP contribution >= 0.6 is 0 Å². The Bertz CT molecular complexity index is 2820. The van der Waals surface area contributed by atoms with Gasteiger partial charge in [0.1, 0.15) is 23.2 Å². The quantitative estimate of drug-likeness (QED) is 0.201. The Kier molecular flexibility index (Phi) is 6.85. The molecular weight excluding hydrogens is 623 g/mol. The number of amidine groups is 2. The number of nitrogens with zero attached hydrogens (tertiary/aromatic N) is 2. The van der Waals surface area contributed by atoms with Crippen LogP contribution in [-0.4, -0.2) is 11.7 Å². The SMILES string of the molecule is c1ccc(C2=NC(c3ccc(-c4ccc5ccccc5c4)cc3)NC(c3cc4oc5cc(-c6ccccc6)ccc5c4c4ccccc34)=N2)cc1. The molecule has 0 radical (unpaired) electrons. The van der Waals surface area contributed by atoms with Gasteiger partial charge in [-0.05, 0) is 73.6 Å². The summed E-state index contributed by atoms with van der Waals surface area (Å²) in [5, 5.41) is 10.6. The number of furan rings is 1. The Balaban J connectivity index is 1.08. The summed E-state index contributed by atoms with van der Waals surface area (Å²) in [6, 6.07) is 61.6. The van der Waals surface area contributed by atoms with Crippen LogP contribution in [0.5, 0.6) is 0 Å². The van der Waals surface area contributed by atoms with Crippen LogP contribution in [0, 0.1) is 0 Å². The summed E-state index contributed by atoms with van der Waals surface area (Å²) < 4.78 is 6.65. The zero-order valence-corrected chi connectivity index (χ0v) is 27.6. The van der Waals surface area contributed by atoms with Crippen molar-refractivity contribution in [3.63, 3.8) is 0 Å². The van der Waals surface area contributed by atoms with Gasteiger partial charge in [0.25, 0.3) is 0 Å². The van der Waals surface area contributed by atoms with Gasteiger partial charge in [-0.3, -0.25) is 0 Å². The molecule has 1 unspecified atom stereocenters. The van der Waals surface area contributed by atoms with Crippen LogP contribution < -0.4 is 5.32 Å². The van der Waals surface area contributed by atoms with Crippen molar-refractivity contribution in [3.8, 4) is 22.3 Å². The van der Waals surface area contributed by atoms with Gasteiger partial charge in [0.05, 0.1) is 0 Å². The molecule has 51 heavy (non-hydrogen) atoms. The van der Waals surface area contributed by atoms with Crippen molar-refractivity contribution in [2.75, 3.05) is 0 Å². The standard InChI is InChI=1S/C47H31N3O/c1-3-11-30(12-4-1)37-25-26-40-42(28-37)51-43-29-41(38-17-9-10-18-39(38)44(40)43)47-49-45(33-14-5-2-6-15-33)48-46(50-47)34-22-19-32(20-23-34)36-24-21-31-13-7-8-16-35(31)27-36/h1-29,46H,(H,48,49,50). The normalized spacial score (nSPS) is 14.5. The molecule has 0 saturated carbocycles. The van der Waals surface area contributed by atoms with Crippen LogP contribution in [0.1, 0.15) is 22.9 Å². The van der Waals surface area contributed by atoms with E-state index in [0.717, 1.165) is 66.4 Å². The summed E-state index contributed by atoms with van der Waals surface area (Å²) in [5.74, 6) is 1.45. The van der Waals surface area contributed by atoms with Gasteiger partial charge < -0.3 is 9.73 Å². The van der Waals surface area contributed by atoms with Gasteiger partial charge in [-0.25, -0.2) is 9.98 Å². The maximum atomic E-state index is 6.65. The van der Waals surface area contributed by atoms with E-state index in [2.05, 4.69) is 157 Å². The molecule has 1 aliphatic rings. The zero-order chi connectivity index (χ0) is 33.7. The van der Waals surface area contributed by atoms with Crippen molar-refractivity contribution in [2.45, 2.75) is 6.17 Å². The third-order valence-electron chi connectivity index (χ3n) is 9.93. The van der Waals surface area contributed by atoms with E-state index < -0.39 is 0 Å². The molecule has 2 heterocycles. The lowest BCUT2D eigenvalue weighted by Crippen LogP contribution is -2.33. The van der Waals surface area contributed by atoms with Crippen molar-refractivity contribution in [3.05, 3.63) is 193 Å². The van der Waals surface area contributed by atoms with Crippen molar-refractivity contribution in [1.82, 2.24) is 5.32 Å². The first-order valence-electron chi connectivity index (χ1n) is 17.3. The molecular formula is C47H31N3O. The molecule has 4 nitrogen and oxygen atoms in total. The Morgan fingerprint density at radius 1 is 0.451 bits per heavy atom. The zero-order valence-electron chi connectivity index (χ0n) is 27.6. The number of hydrogen-bond donors (Lipinski definition) is 1. The van der Waals surface area contributed by atoms with E-state index in [1.54, 1.807) is 0 Å². The van der Waals surface area contributed by atoms with E-state index in [0.29, 0.717) is 5.84 Å². The second-order valence-corrected chi connectivity index (χ2v) is 13.0. The molecule has 0 saturated heterocycles. The molecule has 4 heteroatoms. The van der Waals surface area contributed by atoms with Gasteiger partial charge in [0, 0.05) is 21.9 Å². The fraction of sp³-hybridized carbons (Fsp3) is 0.0213. The summed E-state index contributed by atoms with van der Waals surface area (Å²) in [6.45, 7) is 0. The van der Waals surface area contributed by atoms with Gasteiger partial charge in [0.2, 0.25) is 0 Å². The third kappa shape index (κ3) is 5.17. The van der Waals surface area contributed by atoms with Crippen molar-refractivity contribution < 1.29 is 4.42 Å². The minimum absolute atomic E-state index is 0.336. The molecule has 10 rings (SSSR count). The molecule has 240 valence electrons. The predicted octanol–water partition coefficient (Wildman–Crippen LogP) is 11.7. The highest BCUT2D eigenvalue weighted by Gasteiger charge is 2.24. The van der Waals surface area contributed by atoms with Gasteiger partial charge >= 0.3 is 0 Å². The number of hydrogen-bond acceptors (Lipinski definition) is 4. The van der Waals surface area contributed by atoms with Crippen LogP contribution in [0.3, 0.4) is 0 Å². The highest BCUT2D eigenvalue weighted by molar-refractivity contribution is 6.26. The molecule has 0 bridgehead atoms. The molecule has 0 fully saturated rings. The van der Waals surface area contributed by atoms with Crippen molar-refractivity contribution in [2.24, 2.45) is 9.98 Å². The Labute approximate surface area is 295 Å². The average Bonchev–Trinajstić information content (AvgIpc) is 3.59. The second kappa shape index (κ2) is 12.0. The van der Waals surface area contributed by atoms with Gasteiger partial charge in [0.15, 0.2) is 5.84 Å². The smallest absolute Gasteiger partial charge is 0.159 e. The lowest BCUT2D eigenvalue weighted by atomic mass is 9.97. The minimum atomic E-state index is -0.336. The second-order valence-electron chi connectivity index (χ2n) is 13.0. The molecule has 1 aliphatic heterocycles. The van der Waals surface area contributed by atoms with Crippen LogP contribution in [0.15, 0.2) is 190 Å². The first-order valence-corrected chi connectivity index (χ1v) is 17.3. The largest absolute Gasteiger partial charge is 0.456 e. The van der Waals surface area contributed by atoms with E-state index >= 15 is 0 Å². The fourth-order valence-corrected chi connectivity index (χ4v) is 7.35. The van der Waals surface area contributed by atoms with E-state index in [1.807, 2.05) is 24.3 Å². The summed E-state index contributed by atoms with van der Waals surface area (Å²) in [4.78, 5) is 10.3. The summed E-state index contributed by atoms with van der Waals surface area (Å²) in [7, 11) is 0. The molecule has 0 aliphatic carbocycles. The van der Waals surface area contributed by atoms with E-state index in [9.17, 15) is 0 Å². The first kappa shape index (κ1) is 29.2. The fourth-order valence-electron chi connectivity index (χ4n) is 7.35. The number of aliphatic imine (C=N–C) groups is 2. The molecule has 9 aromatic rings. The monoisotopic (exact) mass is 653 g/mol. The summed E-state index contributed by atoms with van der Waals surface area (Å²) >= 11 is 0. The maximum absolute atomic E-state index is 6.65. The Hall–Kier alpha value is -6.78.